The first kappa shape index (κ1) is 27.2. The molecule has 1 amide bonds. The first-order valence-corrected chi connectivity index (χ1v) is 13.8. The molecule has 2 fully saturated rings. The van der Waals surface area contributed by atoms with Gasteiger partial charge in [0.2, 0.25) is 5.91 Å². The molecule has 6 nitrogen and oxygen atoms in total. The Bertz CT molecular complexity index is 1260. The lowest BCUT2D eigenvalue weighted by molar-refractivity contribution is -0.136. The van der Waals surface area contributed by atoms with E-state index < -0.39 is 11.5 Å². The molecule has 1 saturated heterocycles. The van der Waals surface area contributed by atoms with Crippen molar-refractivity contribution >= 4 is 5.91 Å². The number of nitrogens with zero attached hydrogens (tertiary/aromatic N) is 1. The third-order valence-electron chi connectivity index (χ3n) is 8.71. The number of carbonyl (C=O) groups excluding carboxylic acids is 1. The van der Waals surface area contributed by atoms with Crippen LogP contribution in [0.4, 0.5) is 0 Å². The fraction of sp³-hybridized carbons (Fsp3) is 0.424. The second-order valence-electron chi connectivity index (χ2n) is 11.3. The van der Waals surface area contributed by atoms with Gasteiger partial charge in [0.15, 0.2) is 11.5 Å². The summed E-state index contributed by atoms with van der Waals surface area (Å²) in [6.45, 7) is 5.82. The molecule has 0 aromatic heterocycles. The Hall–Kier alpha value is -3.35. The molecule has 39 heavy (non-hydrogen) atoms. The normalized spacial score (nSPS) is 22.4. The summed E-state index contributed by atoms with van der Waals surface area (Å²) < 4.78 is 17.8. The van der Waals surface area contributed by atoms with Gasteiger partial charge < -0.3 is 24.2 Å². The average molecular weight is 530 g/mol. The first-order chi connectivity index (χ1) is 18.8. The van der Waals surface area contributed by atoms with E-state index >= 15 is 0 Å². The molecular formula is C33H39NO5. The smallest absolute Gasteiger partial charge is 0.248 e. The van der Waals surface area contributed by atoms with Gasteiger partial charge in [-0.3, -0.25) is 4.79 Å². The highest BCUT2D eigenvalue weighted by Crippen LogP contribution is 2.50. The van der Waals surface area contributed by atoms with Gasteiger partial charge in [0, 0.05) is 29.8 Å². The highest BCUT2D eigenvalue weighted by atomic mass is 16.5. The van der Waals surface area contributed by atoms with Crippen LogP contribution in [0, 0.1) is 5.41 Å². The second kappa shape index (κ2) is 11.4. The molecule has 2 aliphatic rings. The Labute approximate surface area is 231 Å². The van der Waals surface area contributed by atoms with Gasteiger partial charge in [-0.15, -0.1) is 0 Å². The minimum atomic E-state index is -0.607. The van der Waals surface area contributed by atoms with Crippen molar-refractivity contribution < 1.29 is 24.1 Å². The van der Waals surface area contributed by atoms with Gasteiger partial charge in [-0.2, -0.15) is 0 Å². The van der Waals surface area contributed by atoms with Crippen LogP contribution in [0.5, 0.6) is 11.5 Å². The Kier molecular flexibility index (Phi) is 7.96. The van der Waals surface area contributed by atoms with Crippen LogP contribution in [0.2, 0.25) is 0 Å². The van der Waals surface area contributed by atoms with Crippen LogP contribution in [0.3, 0.4) is 0 Å². The van der Waals surface area contributed by atoms with E-state index in [1.54, 1.807) is 7.11 Å². The summed E-state index contributed by atoms with van der Waals surface area (Å²) in [4.78, 5) is 14.9. The zero-order valence-electron chi connectivity index (χ0n) is 23.1. The Balaban J connectivity index is 1.30. The van der Waals surface area contributed by atoms with Crippen molar-refractivity contribution in [2.24, 2.45) is 5.41 Å². The highest BCUT2D eigenvalue weighted by Gasteiger charge is 2.49. The van der Waals surface area contributed by atoms with Gasteiger partial charge in [-0.05, 0) is 48.6 Å². The number of hydrogen-bond acceptors (Lipinski definition) is 5. The topological polar surface area (TPSA) is 68.2 Å². The maximum atomic E-state index is 13.1. The van der Waals surface area contributed by atoms with Crippen LogP contribution in [-0.2, 0) is 21.6 Å². The van der Waals surface area contributed by atoms with Gasteiger partial charge in [0.05, 0.1) is 26.4 Å². The van der Waals surface area contributed by atoms with E-state index in [4.69, 9.17) is 14.2 Å². The highest BCUT2D eigenvalue weighted by molar-refractivity contribution is 5.78. The molecule has 1 aliphatic carbocycles. The number of rotatable bonds is 11. The van der Waals surface area contributed by atoms with Crippen molar-refractivity contribution in [1.29, 1.82) is 0 Å². The number of ether oxygens (including phenoxy) is 3. The maximum absolute atomic E-state index is 13.1. The van der Waals surface area contributed by atoms with Gasteiger partial charge >= 0.3 is 0 Å². The number of methoxy groups -OCH3 is 1. The molecule has 1 N–H and O–H groups in total. The van der Waals surface area contributed by atoms with Crippen LogP contribution in [-0.4, -0.2) is 55.4 Å². The van der Waals surface area contributed by atoms with Gasteiger partial charge in [-0.25, -0.2) is 0 Å². The summed E-state index contributed by atoms with van der Waals surface area (Å²) in [7, 11) is 1.65. The van der Waals surface area contributed by atoms with Gasteiger partial charge in [0.25, 0.3) is 0 Å². The van der Waals surface area contributed by atoms with Gasteiger partial charge in [0.1, 0.15) is 6.61 Å². The minimum Gasteiger partial charge on any atom is -0.493 e. The number of aliphatic hydroxyl groups excluding tert-OH is 1. The molecule has 3 aromatic rings. The number of aliphatic hydroxyl groups is 1. The Morgan fingerprint density at radius 1 is 1.03 bits per heavy atom. The van der Waals surface area contributed by atoms with Crippen molar-refractivity contribution in [3.8, 4) is 11.5 Å². The molecular weight excluding hydrogens is 490 g/mol. The molecule has 5 rings (SSSR count). The standard InChI is InChI=1S/C33H39NO5/c1-24(35)32(2)22-34(31(36)21-38-20-25-10-6-4-7-11-25)19-28(32)26-14-15-29(37-3)30(18-26)39-23-33(16-17-33)27-12-8-5-9-13-27/h4-15,18,24,28,35H,16-17,19-23H2,1-3H3/t24-,28?,32?/m0/s1. The fourth-order valence-corrected chi connectivity index (χ4v) is 5.73. The van der Waals surface area contributed by atoms with E-state index in [1.807, 2.05) is 66.4 Å². The third-order valence-corrected chi connectivity index (χ3v) is 8.71. The lowest BCUT2D eigenvalue weighted by Gasteiger charge is -2.34. The summed E-state index contributed by atoms with van der Waals surface area (Å²) in [6, 6.07) is 26.4. The van der Waals surface area contributed by atoms with E-state index in [0.29, 0.717) is 37.8 Å². The molecule has 6 heteroatoms. The van der Waals surface area contributed by atoms with E-state index in [0.717, 1.165) is 24.0 Å². The van der Waals surface area contributed by atoms with Crippen molar-refractivity contribution in [1.82, 2.24) is 4.90 Å². The van der Waals surface area contributed by atoms with E-state index in [9.17, 15) is 9.90 Å². The van der Waals surface area contributed by atoms with Gasteiger partial charge in [-0.1, -0.05) is 73.7 Å². The molecule has 0 radical (unpaired) electrons. The SMILES string of the molecule is COc1ccc(C2CN(C(=O)COCc3ccccc3)CC2(C)[C@H](C)O)cc1OCC1(c2ccccc2)CC1. The first-order valence-electron chi connectivity index (χ1n) is 13.8. The van der Waals surface area contributed by atoms with Crippen LogP contribution in [0.1, 0.15) is 49.3 Å². The zero-order valence-corrected chi connectivity index (χ0v) is 23.1. The average Bonchev–Trinajstić information content (AvgIpc) is 3.67. The third kappa shape index (κ3) is 5.82. The lowest BCUT2D eigenvalue weighted by Crippen LogP contribution is -2.38. The van der Waals surface area contributed by atoms with Crippen molar-refractivity contribution in [3.05, 3.63) is 95.6 Å². The largest absolute Gasteiger partial charge is 0.493 e. The van der Waals surface area contributed by atoms with Crippen LogP contribution < -0.4 is 9.47 Å². The van der Waals surface area contributed by atoms with Crippen LogP contribution in [0.25, 0.3) is 0 Å². The van der Waals surface area contributed by atoms with Crippen LogP contribution in [0.15, 0.2) is 78.9 Å². The predicted octanol–water partition coefficient (Wildman–Crippen LogP) is 5.34. The number of amides is 1. The molecule has 3 atom stereocenters. The summed E-state index contributed by atoms with van der Waals surface area (Å²) in [5.74, 6) is 1.25. The summed E-state index contributed by atoms with van der Waals surface area (Å²) in [6.07, 6.45) is 1.60. The molecule has 0 spiro atoms. The molecule has 1 aliphatic heterocycles. The fourth-order valence-electron chi connectivity index (χ4n) is 5.73. The quantitative estimate of drug-likeness (QED) is 0.363. The Morgan fingerprint density at radius 3 is 2.36 bits per heavy atom. The molecule has 2 unspecified atom stereocenters. The monoisotopic (exact) mass is 529 g/mol. The molecule has 3 aromatic carbocycles. The Morgan fingerprint density at radius 2 is 1.72 bits per heavy atom. The maximum Gasteiger partial charge on any atom is 0.248 e. The predicted molar refractivity (Wildman–Crippen MR) is 151 cm³/mol. The van der Waals surface area contributed by atoms with Crippen LogP contribution >= 0.6 is 0 Å². The summed E-state index contributed by atoms with van der Waals surface area (Å²) in [5.41, 5.74) is 2.90. The summed E-state index contributed by atoms with van der Waals surface area (Å²) >= 11 is 0. The molecule has 1 saturated carbocycles. The molecule has 0 bridgehead atoms. The number of carbonyl (C=O) groups is 1. The second-order valence-corrected chi connectivity index (χ2v) is 11.3. The molecule has 1 heterocycles. The number of hydrogen-bond donors (Lipinski definition) is 1. The number of benzene rings is 3. The number of likely N-dealkylation sites (tertiary alicyclic amines) is 1. The molecule has 206 valence electrons. The van der Waals surface area contributed by atoms with Crippen molar-refractivity contribution in [3.63, 3.8) is 0 Å². The van der Waals surface area contributed by atoms with Crippen molar-refractivity contribution in [2.45, 2.75) is 50.7 Å². The van der Waals surface area contributed by atoms with E-state index in [1.165, 1.54) is 5.56 Å². The lowest BCUT2D eigenvalue weighted by atomic mass is 9.72. The summed E-state index contributed by atoms with van der Waals surface area (Å²) in [5, 5.41) is 10.9. The zero-order chi connectivity index (χ0) is 27.5. The van der Waals surface area contributed by atoms with E-state index in [2.05, 4.69) is 31.2 Å². The minimum absolute atomic E-state index is 0.00997. The van der Waals surface area contributed by atoms with Crippen molar-refractivity contribution in [2.75, 3.05) is 33.4 Å². The van der Waals surface area contributed by atoms with E-state index in [-0.39, 0.29) is 23.8 Å².